The maximum atomic E-state index is 11.4. The highest BCUT2D eigenvalue weighted by Crippen LogP contribution is 1.99. The molecule has 0 spiro atoms. The summed E-state index contributed by atoms with van der Waals surface area (Å²) in [5.74, 6) is -0.243. The monoisotopic (exact) mass is 236 g/mol. The molecule has 0 aliphatic rings. The Balaban J connectivity index is 4.17. The Morgan fingerprint density at radius 3 is 2.13 bits per heavy atom. The smallest absolute Gasteiger partial charge is 0.238 e. The summed E-state index contributed by atoms with van der Waals surface area (Å²) in [7, 11) is -3.32. The van der Waals surface area contributed by atoms with E-state index in [1.54, 1.807) is 0 Å². The number of hydrogen-bond acceptors (Lipinski definition) is 4. The molecule has 0 radical (unpaired) electrons. The topological polar surface area (TPSA) is 89.3 Å². The molecule has 6 heteroatoms. The third-order valence-electron chi connectivity index (χ3n) is 2.38. The number of rotatable bonds is 5. The number of carbonyl (C=O) groups excluding carboxylic acids is 1. The Kier molecular flexibility index (Phi) is 5.23. The number of amides is 1. The lowest BCUT2D eigenvalue weighted by molar-refractivity contribution is -0.120. The number of nitrogens with two attached hydrogens (primary N) is 1. The SMILES string of the molecule is CC(C)C(N)CNC(=O)C(C)S(C)(=O)=O. The van der Waals surface area contributed by atoms with Crippen LogP contribution < -0.4 is 11.1 Å². The molecule has 0 aromatic heterocycles. The summed E-state index contributed by atoms with van der Waals surface area (Å²) in [4.78, 5) is 11.4. The van der Waals surface area contributed by atoms with Crippen LogP contribution in [-0.4, -0.2) is 38.4 Å². The molecule has 5 nitrogen and oxygen atoms in total. The first kappa shape index (κ1) is 14.4. The molecule has 2 atom stereocenters. The van der Waals surface area contributed by atoms with Gasteiger partial charge in [0.15, 0.2) is 9.84 Å². The Bertz CT molecular complexity index is 311. The average molecular weight is 236 g/mol. The van der Waals surface area contributed by atoms with Gasteiger partial charge in [-0.25, -0.2) is 8.42 Å². The van der Waals surface area contributed by atoms with Crippen molar-refractivity contribution in [1.82, 2.24) is 5.32 Å². The zero-order chi connectivity index (χ0) is 12.2. The van der Waals surface area contributed by atoms with Gasteiger partial charge in [0.2, 0.25) is 5.91 Å². The summed E-state index contributed by atoms with van der Waals surface area (Å²) < 4.78 is 22.1. The predicted octanol–water partition coefficient (Wildman–Crippen LogP) is -0.481. The Hall–Kier alpha value is -0.620. The van der Waals surface area contributed by atoms with Crippen molar-refractivity contribution in [3.8, 4) is 0 Å². The van der Waals surface area contributed by atoms with Crippen molar-refractivity contribution in [2.75, 3.05) is 12.8 Å². The van der Waals surface area contributed by atoms with Crippen LogP contribution in [0.5, 0.6) is 0 Å². The Labute approximate surface area is 91.3 Å². The van der Waals surface area contributed by atoms with Gasteiger partial charge in [-0.1, -0.05) is 13.8 Å². The predicted molar refractivity (Wildman–Crippen MR) is 60.1 cm³/mol. The standard InChI is InChI=1S/C9H20N2O3S/c1-6(2)8(10)5-11-9(12)7(3)15(4,13)14/h6-8H,5,10H2,1-4H3,(H,11,12). The third kappa shape index (κ3) is 5.13. The van der Waals surface area contributed by atoms with E-state index >= 15 is 0 Å². The van der Waals surface area contributed by atoms with Crippen molar-refractivity contribution in [2.45, 2.75) is 32.1 Å². The molecule has 0 aliphatic heterocycles. The maximum Gasteiger partial charge on any atom is 0.238 e. The zero-order valence-electron chi connectivity index (χ0n) is 9.65. The number of sulfone groups is 1. The quantitative estimate of drug-likeness (QED) is 0.674. The first-order valence-corrected chi connectivity index (χ1v) is 6.84. The van der Waals surface area contributed by atoms with Crippen LogP contribution >= 0.6 is 0 Å². The molecule has 0 aliphatic carbocycles. The molecule has 0 saturated heterocycles. The number of hydrogen-bond donors (Lipinski definition) is 2. The van der Waals surface area contributed by atoms with E-state index in [1.807, 2.05) is 13.8 Å². The first-order chi connectivity index (χ1) is 6.66. The summed E-state index contributed by atoms with van der Waals surface area (Å²) in [5.41, 5.74) is 5.71. The largest absolute Gasteiger partial charge is 0.353 e. The lowest BCUT2D eigenvalue weighted by atomic mass is 10.1. The molecule has 2 unspecified atom stereocenters. The average Bonchev–Trinajstić information content (AvgIpc) is 2.10. The second-order valence-corrected chi connectivity index (χ2v) is 6.49. The van der Waals surface area contributed by atoms with Gasteiger partial charge in [0.25, 0.3) is 0 Å². The van der Waals surface area contributed by atoms with Crippen LogP contribution in [0.2, 0.25) is 0 Å². The van der Waals surface area contributed by atoms with Crippen molar-refractivity contribution < 1.29 is 13.2 Å². The highest BCUT2D eigenvalue weighted by atomic mass is 32.2. The van der Waals surface area contributed by atoms with E-state index in [1.165, 1.54) is 6.92 Å². The van der Waals surface area contributed by atoms with Crippen LogP contribution in [0.3, 0.4) is 0 Å². The van der Waals surface area contributed by atoms with Crippen molar-refractivity contribution in [3.05, 3.63) is 0 Å². The maximum absolute atomic E-state index is 11.4. The normalized spacial score (nSPS) is 16.1. The minimum Gasteiger partial charge on any atom is -0.353 e. The molecule has 0 rings (SSSR count). The van der Waals surface area contributed by atoms with Gasteiger partial charge in [0, 0.05) is 18.8 Å². The molecule has 3 N–H and O–H groups in total. The zero-order valence-corrected chi connectivity index (χ0v) is 10.5. The van der Waals surface area contributed by atoms with E-state index in [0.717, 1.165) is 6.26 Å². The van der Waals surface area contributed by atoms with Gasteiger partial charge in [-0.15, -0.1) is 0 Å². The van der Waals surface area contributed by atoms with Crippen LogP contribution in [0.4, 0.5) is 0 Å². The fraction of sp³-hybridized carbons (Fsp3) is 0.889. The molecule has 90 valence electrons. The van der Waals surface area contributed by atoms with Crippen molar-refractivity contribution in [3.63, 3.8) is 0 Å². The third-order valence-corrected chi connectivity index (χ3v) is 3.88. The molecule has 0 saturated carbocycles. The van der Waals surface area contributed by atoms with Gasteiger partial charge in [-0.2, -0.15) is 0 Å². The molecular formula is C9H20N2O3S. The van der Waals surface area contributed by atoms with E-state index in [9.17, 15) is 13.2 Å². The summed E-state index contributed by atoms with van der Waals surface area (Å²) in [6.07, 6.45) is 1.04. The van der Waals surface area contributed by atoms with Crippen LogP contribution in [0.25, 0.3) is 0 Å². The van der Waals surface area contributed by atoms with Gasteiger partial charge < -0.3 is 11.1 Å². The van der Waals surface area contributed by atoms with Crippen molar-refractivity contribution >= 4 is 15.7 Å². The molecule has 0 aromatic rings. The lowest BCUT2D eigenvalue weighted by Gasteiger charge is -2.17. The van der Waals surface area contributed by atoms with Crippen LogP contribution in [0.1, 0.15) is 20.8 Å². The van der Waals surface area contributed by atoms with Gasteiger partial charge in [0.05, 0.1) is 0 Å². The van der Waals surface area contributed by atoms with Gasteiger partial charge in [-0.05, 0) is 12.8 Å². The fourth-order valence-corrected chi connectivity index (χ4v) is 1.26. The van der Waals surface area contributed by atoms with Crippen molar-refractivity contribution in [1.29, 1.82) is 0 Å². The minimum absolute atomic E-state index is 0.152. The lowest BCUT2D eigenvalue weighted by Crippen LogP contribution is -2.45. The highest BCUT2D eigenvalue weighted by molar-refractivity contribution is 7.92. The summed E-state index contributed by atoms with van der Waals surface area (Å²) >= 11 is 0. The second-order valence-electron chi connectivity index (χ2n) is 4.12. The molecule has 0 heterocycles. The van der Waals surface area contributed by atoms with Crippen LogP contribution in [0.15, 0.2) is 0 Å². The molecule has 15 heavy (non-hydrogen) atoms. The van der Waals surface area contributed by atoms with E-state index in [4.69, 9.17) is 5.73 Å². The Morgan fingerprint density at radius 1 is 1.33 bits per heavy atom. The van der Waals surface area contributed by atoms with E-state index in [-0.39, 0.29) is 12.0 Å². The first-order valence-electron chi connectivity index (χ1n) is 4.88. The Morgan fingerprint density at radius 2 is 1.80 bits per heavy atom. The van der Waals surface area contributed by atoms with Gasteiger partial charge in [0.1, 0.15) is 5.25 Å². The van der Waals surface area contributed by atoms with Gasteiger partial charge >= 0.3 is 0 Å². The number of nitrogens with one attached hydrogen (secondary N) is 1. The van der Waals surface area contributed by atoms with E-state index < -0.39 is 21.0 Å². The summed E-state index contributed by atoms with van der Waals surface area (Å²) in [6, 6.07) is -0.152. The molecule has 1 amide bonds. The summed E-state index contributed by atoms with van der Waals surface area (Å²) in [6.45, 7) is 5.55. The van der Waals surface area contributed by atoms with Crippen molar-refractivity contribution in [2.24, 2.45) is 11.7 Å². The van der Waals surface area contributed by atoms with E-state index in [0.29, 0.717) is 6.54 Å². The second kappa shape index (κ2) is 5.46. The minimum atomic E-state index is -3.32. The molecule has 0 fully saturated rings. The molecule has 0 bridgehead atoms. The molecular weight excluding hydrogens is 216 g/mol. The molecule has 0 aromatic carbocycles. The van der Waals surface area contributed by atoms with Gasteiger partial charge in [-0.3, -0.25) is 4.79 Å². The fourth-order valence-electron chi connectivity index (χ4n) is 0.792. The highest BCUT2D eigenvalue weighted by Gasteiger charge is 2.23. The van der Waals surface area contributed by atoms with E-state index in [2.05, 4.69) is 5.32 Å². The van der Waals surface area contributed by atoms with Crippen LogP contribution in [-0.2, 0) is 14.6 Å². The van der Waals surface area contributed by atoms with Crippen LogP contribution in [0, 0.1) is 5.92 Å². The number of carbonyl (C=O) groups is 1. The summed E-state index contributed by atoms with van der Waals surface area (Å²) in [5, 5.41) is 1.51.